The first-order valence-electron chi connectivity index (χ1n) is 8.02. The first-order valence-corrected chi connectivity index (χ1v) is 8.81. The lowest BCUT2D eigenvalue weighted by atomic mass is 10.1. The van der Waals surface area contributed by atoms with Gasteiger partial charge in [0.2, 0.25) is 5.95 Å². The van der Waals surface area contributed by atoms with Crippen molar-refractivity contribution in [2.45, 2.75) is 6.54 Å². The molecule has 3 N–H and O–H groups in total. The molecular formula is C19H19BrN4O. The van der Waals surface area contributed by atoms with Gasteiger partial charge in [-0.2, -0.15) is 4.98 Å². The molecule has 0 bridgehead atoms. The Morgan fingerprint density at radius 3 is 2.52 bits per heavy atom. The molecule has 0 aliphatic rings. The van der Waals surface area contributed by atoms with Crippen LogP contribution in [0.25, 0.3) is 11.3 Å². The van der Waals surface area contributed by atoms with Gasteiger partial charge in [0.15, 0.2) is 0 Å². The van der Waals surface area contributed by atoms with Gasteiger partial charge in [0.05, 0.1) is 12.3 Å². The van der Waals surface area contributed by atoms with Gasteiger partial charge < -0.3 is 15.7 Å². The van der Waals surface area contributed by atoms with Gasteiger partial charge in [-0.05, 0) is 17.7 Å². The maximum absolute atomic E-state index is 9.02. The Morgan fingerprint density at radius 1 is 0.920 bits per heavy atom. The molecule has 0 aliphatic heterocycles. The van der Waals surface area contributed by atoms with E-state index in [-0.39, 0.29) is 6.61 Å². The molecule has 0 saturated carbocycles. The highest BCUT2D eigenvalue weighted by Gasteiger charge is 2.07. The molecule has 1 aromatic heterocycles. The van der Waals surface area contributed by atoms with E-state index in [1.807, 2.05) is 48.5 Å². The zero-order valence-corrected chi connectivity index (χ0v) is 15.2. The molecule has 0 aliphatic carbocycles. The largest absolute Gasteiger partial charge is 0.395 e. The van der Waals surface area contributed by atoms with E-state index in [2.05, 4.69) is 48.7 Å². The van der Waals surface area contributed by atoms with Gasteiger partial charge in [0, 0.05) is 29.2 Å². The second-order valence-electron chi connectivity index (χ2n) is 5.46. The van der Waals surface area contributed by atoms with Crippen LogP contribution in [0.5, 0.6) is 0 Å². The van der Waals surface area contributed by atoms with Gasteiger partial charge in [-0.25, -0.2) is 4.98 Å². The summed E-state index contributed by atoms with van der Waals surface area (Å²) in [5.74, 6) is 1.22. The number of rotatable bonds is 7. The number of halogens is 1. The Kier molecular flexibility index (Phi) is 5.98. The first-order chi connectivity index (χ1) is 12.2. The second kappa shape index (κ2) is 8.60. The lowest BCUT2D eigenvalue weighted by molar-refractivity contribution is 0.311. The van der Waals surface area contributed by atoms with E-state index in [0.717, 1.165) is 27.1 Å². The molecule has 3 rings (SSSR count). The first kappa shape index (κ1) is 17.4. The third-order valence-corrected chi connectivity index (χ3v) is 4.05. The minimum Gasteiger partial charge on any atom is -0.395 e. The van der Waals surface area contributed by atoms with Crippen LogP contribution in [0, 0.1) is 0 Å². The van der Waals surface area contributed by atoms with Gasteiger partial charge >= 0.3 is 0 Å². The topological polar surface area (TPSA) is 70.1 Å². The molecule has 0 radical (unpaired) electrons. The Bertz CT molecular complexity index is 827. The summed E-state index contributed by atoms with van der Waals surface area (Å²) >= 11 is 3.48. The molecule has 25 heavy (non-hydrogen) atoms. The average molecular weight is 399 g/mol. The average Bonchev–Trinajstić information content (AvgIpc) is 2.65. The van der Waals surface area contributed by atoms with Crippen LogP contribution in [0.15, 0.2) is 65.1 Å². The lowest BCUT2D eigenvalue weighted by Gasteiger charge is -2.11. The number of anilines is 2. The van der Waals surface area contributed by atoms with E-state index in [1.165, 1.54) is 0 Å². The van der Waals surface area contributed by atoms with E-state index in [1.54, 1.807) is 0 Å². The van der Waals surface area contributed by atoms with Crippen LogP contribution in [0.2, 0.25) is 0 Å². The number of nitrogens with one attached hydrogen (secondary N) is 2. The van der Waals surface area contributed by atoms with Gasteiger partial charge in [0.25, 0.3) is 0 Å². The van der Waals surface area contributed by atoms with Crippen molar-refractivity contribution in [3.8, 4) is 11.3 Å². The summed E-state index contributed by atoms with van der Waals surface area (Å²) in [6.07, 6.45) is 0. The predicted molar refractivity (Wildman–Crippen MR) is 105 cm³/mol. The van der Waals surface area contributed by atoms with E-state index in [9.17, 15) is 0 Å². The molecule has 0 atom stereocenters. The molecule has 128 valence electrons. The normalized spacial score (nSPS) is 10.5. The molecule has 0 saturated heterocycles. The van der Waals surface area contributed by atoms with Crippen molar-refractivity contribution >= 4 is 27.7 Å². The van der Waals surface area contributed by atoms with E-state index < -0.39 is 0 Å². The van der Waals surface area contributed by atoms with Crippen LogP contribution < -0.4 is 10.6 Å². The maximum Gasteiger partial charge on any atom is 0.225 e. The van der Waals surface area contributed by atoms with Crippen molar-refractivity contribution in [1.82, 2.24) is 9.97 Å². The molecule has 0 amide bonds. The fourth-order valence-electron chi connectivity index (χ4n) is 2.38. The molecule has 1 heterocycles. The number of aliphatic hydroxyl groups is 1. The van der Waals surface area contributed by atoms with Gasteiger partial charge in [-0.1, -0.05) is 58.4 Å². The van der Waals surface area contributed by atoms with Crippen molar-refractivity contribution < 1.29 is 5.11 Å². The highest BCUT2D eigenvalue weighted by atomic mass is 79.9. The third kappa shape index (κ3) is 5.01. The molecule has 0 spiro atoms. The summed E-state index contributed by atoms with van der Waals surface area (Å²) in [6, 6.07) is 20.0. The number of nitrogens with zero attached hydrogens (tertiary/aromatic N) is 2. The summed E-state index contributed by atoms with van der Waals surface area (Å²) in [5.41, 5.74) is 2.99. The van der Waals surface area contributed by atoms with Crippen LogP contribution in [-0.4, -0.2) is 28.2 Å². The Labute approximate surface area is 155 Å². The molecular weight excluding hydrogens is 380 g/mol. The number of hydrogen-bond donors (Lipinski definition) is 3. The van der Waals surface area contributed by atoms with E-state index >= 15 is 0 Å². The lowest BCUT2D eigenvalue weighted by Crippen LogP contribution is -2.11. The van der Waals surface area contributed by atoms with Crippen LogP contribution >= 0.6 is 15.9 Å². The maximum atomic E-state index is 9.02. The second-order valence-corrected chi connectivity index (χ2v) is 6.38. The fourth-order valence-corrected chi connectivity index (χ4v) is 2.83. The smallest absolute Gasteiger partial charge is 0.225 e. The minimum atomic E-state index is 0.0275. The quantitative estimate of drug-likeness (QED) is 0.562. The van der Waals surface area contributed by atoms with Crippen LogP contribution in [0.1, 0.15) is 5.56 Å². The number of hydrogen-bond acceptors (Lipinski definition) is 5. The number of benzene rings is 2. The van der Waals surface area contributed by atoms with Crippen LogP contribution in [0.3, 0.4) is 0 Å². The summed E-state index contributed by atoms with van der Waals surface area (Å²) in [4.78, 5) is 9.01. The molecule has 3 aromatic rings. The van der Waals surface area contributed by atoms with Crippen LogP contribution in [-0.2, 0) is 6.54 Å². The van der Waals surface area contributed by atoms with Crippen molar-refractivity contribution in [1.29, 1.82) is 0 Å². The van der Waals surface area contributed by atoms with E-state index in [0.29, 0.717) is 19.0 Å². The predicted octanol–water partition coefficient (Wildman–Crippen LogP) is 3.92. The monoisotopic (exact) mass is 398 g/mol. The van der Waals surface area contributed by atoms with Crippen molar-refractivity contribution in [2.75, 3.05) is 23.8 Å². The molecule has 2 aromatic carbocycles. The highest BCUT2D eigenvalue weighted by molar-refractivity contribution is 9.10. The molecule has 6 heteroatoms. The zero-order valence-electron chi connectivity index (χ0n) is 13.6. The van der Waals surface area contributed by atoms with E-state index in [4.69, 9.17) is 5.11 Å². The summed E-state index contributed by atoms with van der Waals surface area (Å²) in [5, 5.41) is 15.4. The summed E-state index contributed by atoms with van der Waals surface area (Å²) in [6.45, 7) is 1.09. The van der Waals surface area contributed by atoms with Gasteiger partial charge in [-0.3, -0.25) is 0 Å². The minimum absolute atomic E-state index is 0.0275. The van der Waals surface area contributed by atoms with Crippen molar-refractivity contribution in [3.63, 3.8) is 0 Å². The molecule has 5 nitrogen and oxygen atoms in total. The fraction of sp³-hybridized carbons (Fsp3) is 0.158. The highest BCUT2D eigenvalue weighted by Crippen LogP contribution is 2.22. The summed E-state index contributed by atoms with van der Waals surface area (Å²) < 4.78 is 1.05. The molecule has 0 unspecified atom stereocenters. The van der Waals surface area contributed by atoms with Gasteiger partial charge in [-0.15, -0.1) is 0 Å². The third-order valence-electron chi connectivity index (χ3n) is 3.55. The molecule has 0 fully saturated rings. The summed E-state index contributed by atoms with van der Waals surface area (Å²) in [7, 11) is 0. The zero-order chi connectivity index (χ0) is 17.5. The SMILES string of the molecule is OCCNc1nc(NCc2cccc(Br)c2)cc(-c2ccccc2)n1. The number of aromatic nitrogens is 2. The number of aliphatic hydroxyl groups excluding tert-OH is 1. The Morgan fingerprint density at radius 2 is 1.76 bits per heavy atom. The van der Waals surface area contributed by atoms with Crippen molar-refractivity contribution in [2.24, 2.45) is 0 Å². The van der Waals surface area contributed by atoms with Gasteiger partial charge in [0.1, 0.15) is 5.82 Å². The Hall–Kier alpha value is -2.44. The Balaban J connectivity index is 1.84. The standard InChI is InChI=1S/C19H19BrN4O/c20-16-8-4-5-14(11-16)13-22-18-12-17(15-6-2-1-3-7-15)23-19(24-18)21-9-10-25/h1-8,11-12,25H,9-10,13H2,(H2,21,22,23,24). The van der Waals surface area contributed by atoms with Crippen molar-refractivity contribution in [3.05, 3.63) is 70.7 Å². The van der Waals surface area contributed by atoms with Crippen LogP contribution in [0.4, 0.5) is 11.8 Å².